The van der Waals surface area contributed by atoms with E-state index >= 15 is 0 Å². The Hall–Kier alpha value is -3.58. The Balaban J connectivity index is 1.61. The summed E-state index contributed by atoms with van der Waals surface area (Å²) in [6.07, 6.45) is 7.00. The Morgan fingerprint density at radius 2 is 2.03 bits per heavy atom. The second-order valence-corrected chi connectivity index (χ2v) is 9.01. The number of pyridine rings is 2. The van der Waals surface area contributed by atoms with E-state index in [1.54, 1.807) is 23.7 Å². The number of aromatic nitrogens is 5. The van der Waals surface area contributed by atoms with E-state index in [1.165, 1.54) is 24.0 Å². The summed E-state index contributed by atoms with van der Waals surface area (Å²) in [7, 11) is 0. The van der Waals surface area contributed by atoms with Crippen LogP contribution in [0.25, 0.3) is 38.9 Å². The van der Waals surface area contributed by atoms with Gasteiger partial charge in [-0.15, -0.1) is 11.3 Å². The second-order valence-electron chi connectivity index (χ2n) is 8.11. The Morgan fingerprint density at radius 3 is 2.84 bits per heavy atom. The molecule has 1 aromatic carbocycles. The number of thiazole rings is 1. The van der Waals surface area contributed by atoms with E-state index in [0.717, 1.165) is 45.4 Å². The molecule has 1 atom stereocenters. The summed E-state index contributed by atoms with van der Waals surface area (Å²) in [5, 5.41) is 2.85. The molecule has 6 rings (SSSR count). The minimum atomic E-state index is 0.455. The van der Waals surface area contributed by atoms with Crippen LogP contribution in [-0.2, 0) is 6.42 Å². The van der Waals surface area contributed by atoms with Crippen molar-refractivity contribution in [3.05, 3.63) is 71.4 Å². The Kier molecular flexibility index (Phi) is 4.50. The van der Waals surface area contributed by atoms with Crippen molar-refractivity contribution in [1.82, 2.24) is 24.5 Å². The highest BCUT2D eigenvalue weighted by Crippen LogP contribution is 2.38. The number of aryl methyl sites for hydroxylation is 1. The van der Waals surface area contributed by atoms with Gasteiger partial charge in [0.05, 0.1) is 5.56 Å². The average Bonchev–Trinajstić information content (AvgIpc) is 3.56. The molecule has 0 amide bonds. The molecule has 0 bridgehead atoms. The molecule has 0 saturated heterocycles. The van der Waals surface area contributed by atoms with Crippen molar-refractivity contribution in [2.75, 3.05) is 5.73 Å². The molecule has 0 fully saturated rings. The van der Waals surface area contributed by atoms with E-state index in [9.17, 15) is 0 Å². The van der Waals surface area contributed by atoms with Crippen molar-refractivity contribution in [3.63, 3.8) is 0 Å². The van der Waals surface area contributed by atoms with Crippen LogP contribution in [0.3, 0.4) is 0 Å². The van der Waals surface area contributed by atoms with E-state index in [0.29, 0.717) is 11.7 Å². The molecule has 158 valence electrons. The third kappa shape index (κ3) is 3.00. The topological polar surface area (TPSA) is 82.5 Å². The molecular weight excluding hydrogens is 416 g/mol. The number of nitrogen functional groups attached to an aromatic ring is 1. The van der Waals surface area contributed by atoms with E-state index in [-0.39, 0.29) is 0 Å². The molecule has 32 heavy (non-hydrogen) atoms. The molecule has 1 aliphatic carbocycles. The van der Waals surface area contributed by atoms with Crippen molar-refractivity contribution >= 4 is 28.3 Å². The third-order valence-corrected chi connectivity index (χ3v) is 7.11. The number of nitrogens with two attached hydrogens (primary N) is 1. The first-order valence-electron chi connectivity index (χ1n) is 10.9. The molecule has 2 N–H and O–H groups in total. The van der Waals surface area contributed by atoms with Crippen molar-refractivity contribution in [2.24, 2.45) is 0 Å². The van der Waals surface area contributed by atoms with Crippen LogP contribution in [-0.4, -0.2) is 24.5 Å². The lowest BCUT2D eigenvalue weighted by atomic mass is 9.98. The monoisotopic (exact) mass is 438 g/mol. The smallest absolute Gasteiger partial charge is 0.165 e. The maximum atomic E-state index is 6.26. The minimum absolute atomic E-state index is 0.455. The zero-order valence-corrected chi connectivity index (χ0v) is 18.5. The van der Waals surface area contributed by atoms with Gasteiger partial charge in [-0.2, -0.15) is 0 Å². The molecule has 6 nitrogen and oxygen atoms in total. The molecule has 0 spiro atoms. The van der Waals surface area contributed by atoms with Gasteiger partial charge in [0.2, 0.25) is 0 Å². The first-order valence-corrected chi connectivity index (χ1v) is 11.7. The molecule has 4 aromatic heterocycles. The van der Waals surface area contributed by atoms with Gasteiger partial charge in [-0.3, -0.25) is 4.57 Å². The summed E-state index contributed by atoms with van der Waals surface area (Å²) in [5.41, 5.74) is 13.4. The highest BCUT2D eigenvalue weighted by molar-refractivity contribution is 7.13. The van der Waals surface area contributed by atoms with E-state index in [1.807, 2.05) is 29.6 Å². The SMILES string of the molecule is CCC1CCc2cc(-n3c(-c4cccnc4N)nc4ccc(-c5nccs5)nc43)ccc21. The van der Waals surface area contributed by atoms with Gasteiger partial charge in [0.15, 0.2) is 11.5 Å². The van der Waals surface area contributed by atoms with Crippen molar-refractivity contribution in [2.45, 2.75) is 32.1 Å². The van der Waals surface area contributed by atoms with Gasteiger partial charge in [-0.05, 0) is 72.7 Å². The molecule has 5 aromatic rings. The van der Waals surface area contributed by atoms with Gasteiger partial charge in [0.25, 0.3) is 0 Å². The number of nitrogens with zero attached hydrogens (tertiary/aromatic N) is 5. The second kappa shape index (κ2) is 7.53. The number of hydrogen-bond donors (Lipinski definition) is 1. The number of benzene rings is 1. The molecule has 0 aliphatic heterocycles. The van der Waals surface area contributed by atoms with Crippen LogP contribution in [0.5, 0.6) is 0 Å². The predicted molar refractivity (Wildman–Crippen MR) is 129 cm³/mol. The molecule has 1 unspecified atom stereocenters. The van der Waals surface area contributed by atoms with Crippen LogP contribution in [0.1, 0.15) is 36.8 Å². The van der Waals surface area contributed by atoms with Crippen LogP contribution in [0.2, 0.25) is 0 Å². The Labute approximate surface area is 189 Å². The number of hydrogen-bond acceptors (Lipinski definition) is 6. The molecule has 7 heteroatoms. The predicted octanol–water partition coefficient (Wildman–Crippen LogP) is 5.63. The normalized spacial score (nSPS) is 15.3. The Bertz CT molecular complexity index is 1440. The summed E-state index contributed by atoms with van der Waals surface area (Å²) in [6, 6.07) is 14.6. The van der Waals surface area contributed by atoms with Crippen LogP contribution < -0.4 is 5.73 Å². The van der Waals surface area contributed by atoms with Crippen molar-refractivity contribution < 1.29 is 0 Å². The molecule has 1 aliphatic rings. The quantitative estimate of drug-likeness (QED) is 0.393. The van der Waals surface area contributed by atoms with Crippen LogP contribution in [0, 0.1) is 0 Å². The van der Waals surface area contributed by atoms with Crippen LogP contribution in [0.4, 0.5) is 5.82 Å². The maximum absolute atomic E-state index is 6.26. The Morgan fingerprint density at radius 1 is 1.09 bits per heavy atom. The molecule has 0 saturated carbocycles. The van der Waals surface area contributed by atoms with Crippen LogP contribution >= 0.6 is 11.3 Å². The lowest BCUT2D eigenvalue weighted by Crippen LogP contribution is -2.03. The van der Waals surface area contributed by atoms with Crippen LogP contribution in [0.15, 0.2) is 60.2 Å². The average molecular weight is 439 g/mol. The highest BCUT2D eigenvalue weighted by Gasteiger charge is 2.24. The largest absolute Gasteiger partial charge is 0.383 e. The van der Waals surface area contributed by atoms with Crippen molar-refractivity contribution in [3.8, 4) is 27.8 Å². The molecule has 0 radical (unpaired) electrons. The number of anilines is 1. The fourth-order valence-electron chi connectivity index (χ4n) is 4.71. The lowest BCUT2D eigenvalue weighted by Gasteiger charge is -2.13. The summed E-state index contributed by atoms with van der Waals surface area (Å²) >= 11 is 1.58. The van der Waals surface area contributed by atoms with Gasteiger partial charge in [0.1, 0.15) is 22.0 Å². The summed E-state index contributed by atoms with van der Waals surface area (Å²) in [5.74, 6) is 1.86. The number of fused-ring (bicyclic) bond motifs is 2. The first-order chi connectivity index (χ1) is 15.7. The van der Waals surface area contributed by atoms with E-state index in [2.05, 4.69) is 39.7 Å². The van der Waals surface area contributed by atoms with Gasteiger partial charge >= 0.3 is 0 Å². The fraction of sp³-hybridized carbons (Fsp3) is 0.200. The zero-order valence-electron chi connectivity index (χ0n) is 17.7. The van der Waals surface area contributed by atoms with E-state index < -0.39 is 0 Å². The van der Waals surface area contributed by atoms with Gasteiger partial charge in [0, 0.05) is 23.5 Å². The minimum Gasteiger partial charge on any atom is -0.383 e. The summed E-state index contributed by atoms with van der Waals surface area (Å²) < 4.78 is 2.11. The molecular formula is C25H22N6S. The molecule has 4 heterocycles. The number of rotatable bonds is 4. The maximum Gasteiger partial charge on any atom is 0.165 e. The third-order valence-electron chi connectivity index (χ3n) is 6.31. The summed E-state index contributed by atoms with van der Waals surface area (Å²) in [4.78, 5) is 18.6. The van der Waals surface area contributed by atoms with Gasteiger partial charge in [-0.1, -0.05) is 13.0 Å². The zero-order chi connectivity index (χ0) is 21.7. The van der Waals surface area contributed by atoms with Gasteiger partial charge in [-0.25, -0.2) is 19.9 Å². The lowest BCUT2D eigenvalue weighted by molar-refractivity contribution is 0.656. The standard InChI is InChI=1S/C25H22N6S/c1-2-15-5-6-16-14-17(7-8-18(15)16)31-23(19-4-3-11-27-22(19)26)29-20-9-10-21(30-24(20)31)25-28-12-13-32-25/h3-4,7-15H,2,5-6H2,1H3,(H2,26,27). The van der Waals surface area contributed by atoms with E-state index in [4.69, 9.17) is 15.7 Å². The number of imidazole rings is 1. The van der Waals surface area contributed by atoms with Gasteiger partial charge < -0.3 is 5.73 Å². The highest BCUT2D eigenvalue weighted by atomic mass is 32.1. The summed E-state index contributed by atoms with van der Waals surface area (Å²) in [6.45, 7) is 2.27. The van der Waals surface area contributed by atoms with Crippen molar-refractivity contribution in [1.29, 1.82) is 0 Å². The fourth-order valence-corrected chi connectivity index (χ4v) is 5.32. The first kappa shape index (κ1) is 19.1.